The Kier molecular flexibility index (Phi) is 4.21. The minimum absolute atomic E-state index is 0.231. The average Bonchev–Trinajstić information content (AvgIpc) is 1.81. The van der Waals surface area contributed by atoms with E-state index in [0.717, 1.165) is 0 Å². The van der Waals surface area contributed by atoms with Gasteiger partial charge in [-0.25, -0.2) is 0 Å². The highest BCUT2D eigenvalue weighted by molar-refractivity contribution is 6.56. The standard InChI is InChI=1S/C8H20NSi/c1-6-10(7-2)9-8(3,4)5/h9H,6-7H2,1-5H3. The quantitative estimate of drug-likeness (QED) is 0.622. The minimum atomic E-state index is -0.231. The smallest absolute Gasteiger partial charge is 0.133 e. The van der Waals surface area contributed by atoms with Crippen molar-refractivity contribution in [2.75, 3.05) is 0 Å². The fourth-order valence-electron chi connectivity index (χ4n) is 0.957. The first-order valence-corrected chi connectivity index (χ1v) is 6.04. The molecule has 0 bridgehead atoms. The zero-order valence-corrected chi connectivity index (χ0v) is 8.91. The summed E-state index contributed by atoms with van der Waals surface area (Å²) in [5.41, 5.74) is 0.320. The van der Waals surface area contributed by atoms with Gasteiger partial charge in [-0.1, -0.05) is 13.8 Å². The fourth-order valence-corrected chi connectivity index (χ4v) is 2.87. The Hall–Kier alpha value is 0.177. The second-order valence-electron chi connectivity index (χ2n) is 3.69. The molecule has 0 aromatic rings. The van der Waals surface area contributed by atoms with Crippen molar-refractivity contribution in [1.29, 1.82) is 0 Å². The van der Waals surface area contributed by atoms with E-state index in [0.29, 0.717) is 5.54 Å². The van der Waals surface area contributed by atoms with Gasteiger partial charge in [0.25, 0.3) is 0 Å². The molecule has 0 aromatic heterocycles. The minimum Gasteiger partial charge on any atom is -0.333 e. The normalized spacial score (nSPS) is 12.6. The molecule has 0 aliphatic rings. The third-order valence-corrected chi connectivity index (χ3v) is 4.22. The summed E-state index contributed by atoms with van der Waals surface area (Å²) in [6, 6.07) is 2.66. The highest BCUT2D eigenvalue weighted by Crippen LogP contribution is 2.03. The van der Waals surface area contributed by atoms with Crippen LogP contribution in [0.4, 0.5) is 0 Å². The molecule has 0 rings (SSSR count). The van der Waals surface area contributed by atoms with Crippen LogP contribution in [-0.2, 0) is 0 Å². The highest BCUT2D eigenvalue weighted by atomic mass is 28.3. The fraction of sp³-hybridized carbons (Fsp3) is 1.00. The summed E-state index contributed by atoms with van der Waals surface area (Å²) in [7, 11) is -0.231. The molecule has 0 heterocycles. The molecule has 0 spiro atoms. The average molecular weight is 158 g/mol. The van der Waals surface area contributed by atoms with Gasteiger partial charge in [0.1, 0.15) is 8.96 Å². The van der Waals surface area contributed by atoms with Crippen LogP contribution in [0.25, 0.3) is 0 Å². The first kappa shape index (κ1) is 10.2. The van der Waals surface area contributed by atoms with Crippen LogP contribution in [-0.4, -0.2) is 14.5 Å². The van der Waals surface area contributed by atoms with Crippen molar-refractivity contribution in [1.82, 2.24) is 4.98 Å². The Morgan fingerprint density at radius 2 is 1.50 bits per heavy atom. The van der Waals surface area contributed by atoms with E-state index in [-0.39, 0.29) is 8.96 Å². The SMILES string of the molecule is CC[Si](CC)NC(C)(C)C. The second-order valence-corrected chi connectivity index (χ2v) is 6.56. The Labute approximate surface area is 66.9 Å². The molecule has 1 nitrogen and oxygen atoms in total. The molecule has 0 saturated carbocycles. The Morgan fingerprint density at radius 3 is 1.60 bits per heavy atom. The van der Waals surface area contributed by atoms with Gasteiger partial charge in [-0.3, -0.25) is 0 Å². The number of hydrogen-bond acceptors (Lipinski definition) is 1. The van der Waals surface area contributed by atoms with Gasteiger partial charge < -0.3 is 4.98 Å². The first-order valence-electron chi connectivity index (χ1n) is 4.12. The third kappa shape index (κ3) is 5.00. The molecule has 0 fully saturated rings. The molecule has 61 valence electrons. The second kappa shape index (κ2) is 4.14. The largest absolute Gasteiger partial charge is 0.333 e. The van der Waals surface area contributed by atoms with Gasteiger partial charge in [-0.15, -0.1) is 0 Å². The van der Waals surface area contributed by atoms with Crippen LogP contribution in [0.5, 0.6) is 0 Å². The van der Waals surface area contributed by atoms with Crippen LogP contribution >= 0.6 is 0 Å². The van der Waals surface area contributed by atoms with Crippen LogP contribution in [0.1, 0.15) is 34.6 Å². The molecule has 0 unspecified atom stereocenters. The van der Waals surface area contributed by atoms with Gasteiger partial charge >= 0.3 is 0 Å². The van der Waals surface area contributed by atoms with Crippen molar-refractivity contribution in [2.24, 2.45) is 0 Å². The number of rotatable bonds is 3. The van der Waals surface area contributed by atoms with Crippen molar-refractivity contribution in [3.63, 3.8) is 0 Å². The van der Waals surface area contributed by atoms with E-state index < -0.39 is 0 Å². The first-order chi connectivity index (χ1) is 4.49. The van der Waals surface area contributed by atoms with Gasteiger partial charge in [-0.05, 0) is 32.9 Å². The van der Waals surface area contributed by atoms with Crippen LogP contribution in [0, 0.1) is 0 Å². The van der Waals surface area contributed by atoms with Crippen LogP contribution < -0.4 is 4.98 Å². The molecule has 10 heavy (non-hydrogen) atoms. The monoisotopic (exact) mass is 158 g/mol. The van der Waals surface area contributed by atoms with Crippen molar-refractivity contribution in [2.45, 2.75) is 52.2 Å². The zero-order valence-electron chi connectivity index (χ0n) is 7.91. The van der Waals surface area contributed by atoms with E-state index in [4.69, 9.17) is 0 Å². The predicted molar refractivity (Wildman–Crippen MR) is 49.6 cm³/mol. The van der Waals surface area contributed by atoms with Gasteiger partial charge in [0.15, 0.2) is 0 Å². The van der Waals surface area contributed by atoms with Gasteiger partial charge in [0, 0.05) is 5.54 Å². The molecule has 1 radical (unpaired) electrons. The molecule has 0 atom stereocenters. The van der Waals surface area contributed by atoms with Crippen molar-refractivity contribution < 1.29 is 0 Å². The van der Waals surface area contributed by atoms with Crippen LogP contribution in [0.3, 0.4) is 0 Å². The molecular weight excluding hydrogens is 138 g/mol. The summed E-state index contributed by atoms with van der Waals surface area (Å²) in [5.74, 6) is 0. The van der Waals surface area contributed by atoms with Crippen molar-refractivity contribution in [3.05, 3.63) is 0 Å². The maximum atomic E-state index is 3.66. The maximum Gasteiger partial charge on any atom is 0.133 e. The summed E-state index contributed by atoms with van der Waals surface area (Å²) < 4.78 is 0. The van der Waals surface area contributed by atoms with E-state index in [1.807, 2.05) is 0 Å². The number of hydrogen-bond donors (Lipinski definition) is 1. The van der Waals surface area contributed by atoms with E-state index in [2.05, 4.69) is 39.6 Å². The van der Waals surface area contributed by atoms with Crippen molar-refractivity contribution in [3.8, 4) is 0 Å². The molecule has 1 N–H and O–H groups in total. The van der Waals surface area contributed by atoms with E-state index in [1.54, 1.807) is 0 Å². The van der Waals surface area contributed by atoms with E-state index in [1.165, 1.54) is 12.1 Å². The van der Waals surface area contributed by atoms with E-state index in [9.17, 15) is 0 Å². The predicted octanol–water partition coefficient (Wildman–Crippen LogP) is 2.41. The zero-order chi connectivity index (χ0) is 8.20. The summed E-state index contributed by atoms with van der Waals surface area (Å²) in [6.07, 6.45) is 0. The third-order valence-electron chi connectivity index (χ3n) is 1.41. The Bertz CT molecular complexity index is 81.7. The summed E-state index contributed by atoms with van der Waals surface area (Å²) in [4.78, 5) is 3.66. The Balaban J connectivity index is 3.63. The Morgan fingerprint density at radius 1 is 1.10 bits per heavy atom. The van der Waals surface area contributed by atoms with Gasteiger partial charge in [0.2, 0.25) is 0 Å². The lowest BCUT2D eigenvalue weighted by molar-refractivity contribution is 0.516. The topological polar surface area (TPSA) is 12.0 Å². The molecule has 0 aromatic carbocycles. The molecule has 0 aliphatic carbocycles. The van der Waals surface area contributed by atoms with Crippen LogP contribution in [0.2, 0.25) is 12.1 Å². The van der Waals surface area contributed by atoms with Gasteiger partial charge in [-0.2, -0.15) is 0 Å². The lowest BCUT2D eigenvalue weighted by atomic mass is 10.1. The number of nitrogens with one attached hydrogen (secondary N) is 1. The summed E-state index contributed by atoms with van der Waals surface area (Å²) in [6.45, 7) is 11.3. The summed E-state index contributed by atoms with van der Waals surface area (Å²) in [5, 5.41) is 0. The maximum absolute atomic E-state index is 3.66. The molecule has 2 heteroatoms. The van der Waals surface area contributed by atoms with Crippen molar-refractivity contribution >= 4 is 8.96 Å². The summed E-state index contributed by atoms with van der Waals surface area (Å²) >= 11 is 0. The van der Waals surface area contributed by atoms with Crippen LogP contribution in [0.15, 0.2) is 0 Å². The highest BCUT2D eigenvalue weighted by Gasteiger charge is 2.15. The van der Waals surface area contributed by atoms with Gasteiger partial charge in [0.05, 0.1) is 0 Å². The lowest BCUT2D eigenvalue weighted by Crippen LogP contribution is -2.45. The molecule has 0 saturated heterocycles. The van der Waals surface area contributed by atoms with E-state index >= 15 is 0 Å². The molecular formula is C8H20NSi. The molecule has 0 aliphatic heterocycles. The lowest BCUT2D eigenvalue weighted by Gasteiger charge is -2.25. The molecule has 0 amide bonds.